The van der Waals surface area contributed by atoms with E-state index in [-0.39, 0.29) is 29.6 Å². The summed E-state index contributed by atoms with van der Waals surface area (Å²) in [4.78, 5) is 0. The van der Waals surface area contributed by atoms with Gasteiger partial charge in [0.15, 0.2) is 0 Å². The Labute approximate surface area is 56.2 Å². The summed E-state index contributed by atoms with van der Waals surface area (Å²) in [7, 11) is 0. The first-order valence-corrected chi connectivity index (χ1v) is 1.71. The quantitative estimate of drug-likeness (QED) is 0.269. The summed E-state index contributed by atoms with van der Waals surface area (Å²) < 4.78 is 0. The number of hydrogen-bond acceptors (Lipinski definition) is 0. The monoisotopic (exact) mass is 80.1 g/mol. The Bertz CT molecular complexity index is 5.61. The van der Waals surface area contributed by atoms with Crippen LogP contribution in [0.3, 0.4) is 0 Å². The summed E-state index contributed by atoms with van der Waals surface area (Å²) in [5, 5.41) is 0. The molecule has 0 amide bonds. The zero-order chi connectivity index (χ0) is 3.41. The Hall–Kier alpha value is 1.00. The second kappa shape index (κ2) is 8.89. The molecule has 0 saturated carbocycles. The molecule has 0 aromatic heterocycles. The molecule has 1 heteroatoms. The van der Waals surface area contributed by atoms with E-state index < -0.39 is 0 Å². The second-order valence-corrected chi connectivity index (χ2v) is 0.854. The molecule has 5 heavy (non-hydrogen) atoms. The van der Waals surface area contributed by atoms with Crippen LogP contribution in [-0.2, 0) is 0 Å². The molecule has 0 nitrogen and oxygen atoms in total. The molecule has 0 fully saturated rings. The van der Waals surface area contributed by atoms with Gasteiger partial charge < -0.3 is 6.92 Å². The predicted octanol–water partition coefficient (Wildman–Crippen LogP) is -1.38. The van der Waals surface area contributed by atoms with Crippen molar-refractivity contribution in [3.05, 3.63) is 6.92 Å². The molecule has 0 radical (unpaired) electrons. The van der Waals surface area contributed by atoms with Crippen LogP contribution in [0.5, 0.6) is 0 Å². The normalized spacial score (nSPS) is 6.00. The summed E-state index contributed by atoms with van der Waals surface area (Å²) in [6, 6.07) is 0. The van der Waals surface area contributed by atoms with Gasteiger partial charge in [-0.15, -0.1) is 0 Å². The van der Waals surface area contributed by atoms with Gasteiger partial charge in [-0.1, -0.05) is 13.3 Å². The van der Waals surface area contributed by atoms with Crippen LogP contribution in [0.2, 0.25) is 0 Å². The first kappa shape index (κ1) is 9.38. The van der Waals surface area contributed by atoms with Crippen molar-refractivity contribution >= 4 is 0 Å². The molecule has 0 rings (SSSR count). The maximum Gasteiger partial charge on any atom is 1.00 e. The van der Waals surface area contributed by atoms with E-state index in [4.69, 9.17) is 0 Å². The van der Waals surface area contributed by atoms with Crippen LogP contribution < -0.4 is 29.6 Å². The van der Waals surface area contributed by atoms with Gasteiger partial charge in [0.05, 0.1) is 0 Å². The molecule has 0 heterocycles. The number of rotatable bonds is 1. The Balaban J connectivity index is 0. The summed E-state index contributed by atoms with van der Waals surface area (Å²) in [5.74, 6) is 0. The fourth-order valence-corrected chi connectivity index (χ4v) is 0. The van der Waals surface area contributed by atoms with E-state index in [0.717, 1.165) is 6.42 Å². The standard InChI is InChI=1S/C4H9.Na/c1-3-4-2;/h1,3-4H2,2H3;/q-1;+1. The van der Waals surface area contributed by atoms with Crippen LogP contribution in [0.15, 0.2) is 0 Å². The van der Waals surface area contributed by atoms with Gasteiger partial charge in [0.2, 0.25) is 0 Å². The van der Waals surface area contributed by atoms with E-state index in [1.807, 2.05) is 0 Å². The van der Waals surface area contributed by atoms with E-state index in [1.54, 1.807) is 0 Å². The molecular formula is C4H9Na. The van der Waals surface area contributed by atoms with Crippen molar-refractivity contribution < 1.29 is 29.6 Å². The Morgan fingerprint density at radius 1 is 1.60 bits per heavy atom. The van der Waals surface area contributed by atoms with Gasteiger partial charge in [-0.25, -0.2) is 0 Å². The summed E-state index contributed by atoms with van der Waals surface area (Å²) in [6.45, 7) is 5.72. The minimum Gasteiger partial charge on any atom is -0.343 e. The number of unbranched alkanes of at least 4 members (excludes halogenated alkanes) is 1. The Morgan fingerprint density at radius 2 is 1.80 bits per heavy atom. The van der Waals surface area contributed by atoms with Gasteiger partial charge in [-0.3, -0.25) is 0 Å². The van der Waals surface area contributed by atoms with Crippen LogP contribution in [0.4, 0.5) is 0 Å². The molecule has 0 spiro atoms. The van der Waals surface area contributed by atoms with E-state index >= 15 is 0 Å². The van der Waals surface area contributed by atoms with Crippen LogP contribution in [0, 0.1) is 6.92 Å². The van der Waals surface area contributed by atoms with Crippen molar-refractivity contribution in [2.24, 2.45) is 0 Å². The maximum absolute atomic E-state index is 3.60. The topological polar surface area (TPSA) is 0 Å². The molecule has 26 valence electrons. The molecule has 0 aromatic rings. The van der Waals surface area contributed by atoms with E-state index in [9.17, 15) is 0 Å². The van der Waals surface area contributed by atoms with Crippen LogP contribution in [0.1, 0.15) is 19.8 Å². The predicted molar refractivity (Wildman–Crippen MR) is 20.3 cm³/mol. The van der Waals surface area contributed by atoms with Crippen molar-refractivity contribution in [1.29, 1.82) is 0 Å². The van der Waals surface area contributed by atoms with Crippen molar-refractivity contribution in [2.45, 2.75) is 19.8 Å². The van der Waals surface area contributed by atoms with Crippen molar-refractivity contribution in [2.75, 3.05) is 0 Å². The third kappa shape index (κ3) is 11.2. The fourth-order valence-electron chi connectivity index (χ4n) is 0. The largest absolute Gasteiger partial charge is 1.00 e. The third-order valence-electron chi connectivity index (χ3n) is 0.354. The fraction of sp³-hybridized carbons (Fsp3) is 0.750. The zero-order valence-electron chi connectivity index (χ0n) is 4.12. The summed E-state index contributed by atoms with van der Waals surface area (Å²) in [5.41, 5.74) is 0. The van der Waals surface area contributed by atoms with Gasteiger partial charge in [0.25, 0.3) is 0 Å². The molecule has 0 aliphatic rings. The van der Waals surface area contributed by atoms with Crippen LogP contribution in [-0.4, -0.2) is 0 Å². The molecule has 0 saturated heterocycles. The smallest absolute Gasteiger partial charge is 0.343 e. The van der Waals surface area contributed by atoms with Crippen molar-refractivity contribution in [3.63, 3.8) is 0 Å². The minimum absolute atomic E-state index is 0. The molecule has 0 aliphatic carbocycles. The molecular weight excluding hydrogens is 71.0 g/mol. The Morgan fingerprint density at radius 3 is 1.80 bits per heavy atom. The molecule has 0 aromatic carbocycles. The molecule has 0 aliphatic heterocycles. The molecule has 0 N–H and O–H groups in total. The maximum atomic E-state index is 3.60. The average molecular weight is 80.1 g/mol. The van der Waals surface area contributed by atoms with Gasteiger partial charge in [-0.2, -0.15) is 6.42 Å². The van der Waals surface area contributed by atoms with E-state index in [1.165, 1.54) is 6.42 Å². The van der Waals surface area contributed by atoms with E-state index in [0.29, 0.717) is 0 Å². The summed E-state index contributed by atoms with van der Waals surface area (Å²) in [6.07, 6.45) is 2.28. The van der Waals surface area contributed by atoms with Crippen molar-refractivity contribution in [3.8, 4) is 0 Å². The third-order valence-corrected chi connectivity index (χ3v) is 0.354. The molecule has 0 atom stereocenters. The SMILES string of the molecule is [CH2-]CCC.[Na+]. The van der Waals surface area contributed by atoms with Crippen molar-refractivity contribution in [1.82, 2.24) is 0 Å². The molecule has 0 bridgehead atoms. The second-order valence-electron chi connectivity index (χ2n) is 0.854. The zero-order valence-corrected chi connectivity index (χ0v) is 6.12. The first-order chi connectivity index (χ1) is 1.91. The van der Waals surface area contributed by atoms with Crippen LogP contribution in [0.25, 0.3) is 0 Å². The van der Waals surface area contributed by atoms with Gasteiger partial charge in [-0.05, 0) is 0 Å². The summed E-state index contributed by atoms with van der Waals surface area (Å²) >= 11 is 0. The minimum atomic E-state index is 0. The molecule has 0 unspecified atom stereocenters. The van der Waals surface area contributed by atoms with Gasteiger partial charge in [0, 0.05) is 0 Å². The van der Waals surface area contributed by atoms with Crippen LogP contribution >= 0.6 is 0 Å². The van der Waals surface area contributed by atoms with E-state index in [2.05, 4.69) is 13.8 Å². The first-order valence-electron chi connectivity index (χ1n) is 1.71. The Kier molecular flexibility index (Phi) is 16.7. The average Bonchev–Trinajstić information content (AvgIpc) is 1.37. The number of hydrogen-bond donors (Lipinski definition) is 0. The van der Waals surface area contributed by atoms with Gasteiger partial charge in [0.1, 0.15) is 0 Å². The van der Waals surface area contributed by atoms with Gasteiger partial charge >= 0.3 is 29.6 Å².